The predicted molar refractivity (Wildman–Crippen MR) is 139 cm³/mol. The lowest BCUT2D eigenvalue weighted by atomic mass is 9.87. The van der Waals surface area contributed by atoms with Gasteiger partial charge < -0.3 is 4.90 Å². The zero-order chi connectivity index (χ0) is 24.9. The van der Waals surface area contributed by atoms with E-state index in [4.69, 9.17) is 9.97 Å². The molecule has 0 N–H and O–H groups in total. The van der Waals surface area contributed by atoms with Crippen molar-refractivity contribution >= 4 is 16.7 Å². The number of aryl methyl sites for hydroxylation is 1. The summed E-state index contributed by atoms with van der Waals surface area (Å²) in [5.74, 6) is 0.707. The van der Waals surface area contributed by atoms with Gasteiger partial charge in [0.1, 0.15) is 18.0 Å². The van der Waals surface area contributed by atoms with E-state index in [1.807, 2.05) is 44.1 Å². The molecule has 184 valence electrons. The second kappa shape index (κ2) is 8.70. The van der Waals surface area contributed by atoms with Gasteiger partial charge in [-0.3, -0.25) is 14.6 Å². The molecule has 3 aliphatic heterocycles. The number of aromatic nitrogens is 6. The van der Waals surface area contributed by atoms with E-state index in [1.54, 1.807) is 23.1 Å². The molecule has 37 heavy (non-hydrogen) atoms. The van der Waals surface area contributed by atoms with Gasteiger partial charge in [-0.2, -0.15) is 5.10 Å². The van der Waals surface area contributed by atoms with Crippen LogP contribution in [0.2, 0.25) is 0 Å². The van der Waals surface area contributed by atoms with Crippen molar-refractivity contribution in [3.63, 3.8) is 0 Å². The molecule has 3 fully saturated rings. The summed E-state index contributed by atoms with van der Waals surface area (Å²) in [6, 6.07) is 12.0. The summed E-state index contributed by atoms with van der Waals surface area (Å²) in [6.07, 6.45) is 12.1. The van der Waals surface area contributed by atoms with E-state index in [9.17, 15) is 4.39 Å². The lowest BCUT2D eigenvalue weighted by Crippen LogP contribution is -2.68. The summed E-state index contributed by atoms with van der Waals surface area (Å²) in [5.41, 5.74) is 5.64. The molecule has 0 spiro atoms. The van der Waals surface area contributed by atoms with Crippen LogP contribution < -0.4 is 4.90 Å². The Morgan fingerprint density at radius 1 is 0.946 bits per heavy atom. The Kier molecular flexibility index (Phi) is 5.17. The fourth-order valence-corrected chi connectivity index (χ4v) is 5.63. The van der Waals surface area contributed by atoms with Crippen LogP contribution in [0.3, 0.4) is 0 Å². The van der Waals surface area contributed by atoms with Crippen LogP contribution in [0.15, 0.2) is 73.7 Å². The first-order valence-corrected chi connectivity index (χ1v) is 12.4. The van der Waals surface area contributed by atoms with E-state index in [0.717, 1.165) is 64.3 Å². The summed E-state index contributed by atoms with van der Waals surface area (Å²) in [7, 11) is 1.91. The predicted octanol–water partition coefficient (Wildman–Crippen LogP) is 4.09. The number of rotatable bonds is 5. The molecular formula is C28H25FN8. The summed E-state index contributed by atoms with van der Waals surface area (Å²) in [4.78, 5) is 23.1. The molecule has 9 heteroatoms. The minimum absolute atomic E-state index is 0.175. The second-order valence-corrected chi connectivity index (χ2v) is 9.89. The van der Waals surface area contributed by atoms with E-state index in [0.29, 0.717) is 12.1 Å². The van der Waals surface area contributed by atoms with Crippen molar-refractivity contribution in [2.24, 2.45) is 7.05 Å². The molecule has 2 aromatic carbocycles. The minimum Gasteiger partial charge on any atom is -0.352 e. The molecule has 5 aromatic rings. The van der Waals surface area contributed by atoms with Gasteiger partial charge in [-0.15, -0.1) is 0 Å². The monoisotopic (exact) mass is 492 g/mol. The Morgan fingerprint density at radius 3 is 2.59 bits per heavy atom. The number of fused-ring (bicyclic) bond motifs is 3. The highest BCUT2D eigenvalue weighted by molar-refractivity contribution is 5.96. The molecule has 0 aliphatic carbocycles. The Labute approximate surface area is 213 Å². The van der Waals surface area contributed by atoms with E-state index < -0.39 is 0 Å². The van der Waals surface area contributed by atoms with Crippen LogP contribution in [0.4, 0.5) is 10.2 Å². The minimum atomic E-state index is -0.175. The summed E-state index contributed by atoms with van der Waals surface area (Å²) in [6.45, 7) is 2.58. The third kappa shape index (κ3) is 4.01. The molecule has 2 unspecified atom stereocenters. The van der Waals surface area contributed by atoms with Gasteiger partial charge >= 0.3 is 0 Å². The Bertz CT molecular complexity index is 1590. The molecule has 0 radical (unpaired) electrons. The number of halogens is 1. The van der Waals surface area contributed by atoms with Crippen molar-refractivity contribution < 1.29 is 4.39 Å². The molecular weight excluding hydrogens is 467 g/mol. The number of piperazine rings is 1. The van der Waals surface area contributed by atoms with Crippen molar-refractivity contribution in [3.05, 3.63) is 85.1 Å². The van der Waals surface area contributed by atoms with Crippen LogP contribution in [0.1, 0.15) is 12.0 Å². The van der Waals surface area contributed by atoms with Gasteiger partial charge in [0.05, 0.1) is 29.8 Å². The average Bonchev–Trinajstić information content (AvgIpc) is 3.37. The normalized spacial score (nSPS) is 19.2. The zero-order valence-corrected chi connectivity index (χ0v) is 20.4. The highest BCUT2D eigenvalue weighted by atomic mass is 19.1. The molecule has 2 atom stereocenters. The molecule has 3 saturated heterocycles. The highest BCUT2D eigenvalue weighted by Crippen LogP contribution is 2.36. The average molecular weight is 493 g/mol. The van der Waals surface area contributed by atoms with E-state index in [1.165, 1.54) is 12.5 Å². The highest BCUT2D eigenvalue weighted by Gasteiger charge is 2.44. The third-order valence-corrected chi connectivity index (χ3v) is 7.50. The fourth-order valence-electron chi connectivity index (χ4n) is 5.63. The Hall–Kier alpha value is -4.24. The smallest absolute Gasteiger partial charge is 0.147 e. The number of anilines is 1. The third-order valence-electron chi connectivity index (χ3n) is 7.50. The lowest BCUT2D eigenvalue weighted by molar-refractivity contribution is -0.00876. The standard InChI is InChI=1S/C28H25FN8/c1-35-14-20(9-34-35)19-6-24(25-10-30-17-33-26(25)7-19)27-11-32-28(12-31-27)36-15-22-8-23(16-36)37(22)13-18-3-2-4-21(29)5-18/h2-7,9-12,14,17,22-23H,8,13,15-16H2,1H3. The van der Waals surface area contributed by atoms with Gasteiger partial charge in [-0.25, -0.2) is 19.3 Å². The maximum absolute atomic E-state index is 13.6. The summed E-state index contributed by atoms with van der Waals surface area (Å²) < 4.78 is 15.4. The largest absolute Gasteiger partial charge is 0.352 e. The van der Waals surface area contributed by atoms with Crippen LogP contribution in [0, 0.1) is 5.82 Å². The number of piperidine rings is 1. The molecule has 3 aliphatic rings. The molecule has 3 aromatic heterocycles. The van der Waals surface area contributed by atoms with Gasteiger partial charge in [-0.05, 0) is 41.8 Å². The lowest BCUT2D eigenvalue weighted by Gasteiger charge is -2.56. The second-order valence-electron chi connectivity index (χ2n) is 9.89. The van der Waals surface area contributed by atoms with Crippen LogP contribution in [0.25, 0.3) is 33.3 Å². The first-order chi connectivity index (χ1) is 18.1. The van der Waals surface area contributed by atoms with Crippen molar-refractivity contribution in [2.75, 3.05) is 18.0 Å². The zero-order valence-electron chi connectivity index (χ0n) is 20.4. The number of hydrogen-bond acceptors (Lipinski definition) is 7. The number of hydrogen-bond donors (Lipinski definition) is 0. The van der Waals surface area contributed by atoms with Crippen LogP contribution in [-0.2, 0) is 13.6 Å². The number of nitrogens with zero attached hydrogens (tertiary/aromatic N) is 8. The van der Waals surface area contributed by atoms with Crippen molar-refractivity contribution in [2.45, 2.75) is 25.0 Å². The van der Waals surface area contributed by atoms with Gasteiger partial charge in [0.25, 0.3) is 0 Å². The fraction of sp³-hybridized carbons (Fsp3) is 0.250. The van der Waals surface area contributed by atoms with Crippen molar-refractivity contribution in [1.82, 2.24) is 34.6 Å². The topological polar surface area (TPSA) is 75.9 Å². The van der Waals surface area contributed by atoms with Gasteiger partial charge in [0.15, 0.2) is 0 Å². The van der Waals surface area contributed by atoms with E-state index in [2.05, 4.69) is 37.0 Å². The SMILES string of the molecule is Cn1cc(-c2cc(-c3cnc(N4CC5CC(C4)N5Cc4cccc(F)c4)cn3)c3cncnc3c2)cn1. The maximum atomic E-state index is 13.6. The Morgan fingerprint density at radius 2 is 1.84 bits per heavy atom. The van der Waals surface area contributed by atoms with E-state index >= 15 is 0 Å². The maximum Gasteiger partial charge on any atom is 0.147 e. The quantitative estimate of drug-likeness (QED) is 0.366. The number of benzene rings is 2. The first-order valence-electron chi connectivity index (χ1n) is 12.4. The molecule has 0 amide bonds. The van der Waals surface area contributed by atoms with E-state index in [-0.39, 0.29) is 5.82 Å². The molecule has 8 nitrogen and oxygen atoms in total. The van der Waals surface area contributed by atoms with Crippen molar-refractivity contribution in [1.29, 1.82) is 0 Å². The van der Waals surface area contributed by atoms with Gasteiger partial charge in [0, 0.05) is 67.7 Å². The van der Waals surface area contributed by atoms with Gasteiger partial charge in [0.2, 0.25) is 0 Å². The molecule has 2 bridgehead atoms. The first kappa shape index (κ1) is 22.0. The van der Waals surface area contributed by atoms with Crippen molar-refractivity contribution in [3.8, 4) is 22.4 Å². The summed E-state index contributed by atoms with van der Waals surface area (Å²) >= 11 is 0. The molecule has 0 saturated carbocycles. The Balaban J connectivity index is 1.13. The van der Waals surface area contributed by atoms with Gasteiger partial charge in [-0.1, -0.05) is 12.1 Å². The van der Waals surface area contributed by atoms with Crippen LogP contribution >= 0.6 is 0 Å². The molecule has 8 rings (SSSR count). The van der Waals surface area contributed by atoms with Crippen LogP contribution in [-0.4, -0.2) is 59.8 Å². The van der Waals surface area contributed by atoms with Crippen LogP contribution in [0.5, 0.6) is 0 Å². The molecule has 6 heterocycles. The summed E-state index contributed by atoms with van der Waals surface area (Å²) in [5, 5.41) is 5.25.